The highest BCUT2D eigenvalue weighted by Crippen LogP contribution is 2.27. The summed E-state index contributed by atoms with van der Waals surface area (Å²) in [6, 6.07) is 4.90. The van der Waals surface area contributed by atoms with E-state index >= 15 is 0 Å². The molecular weight excluding hydrogens is 260 g/mol. The zero-order valence-corrected chi connectivity index (χ0v) is 11.4. The molecule has 1 aromatic carbocycles. The molecule has 0 unspecified atom stereocenters. The van der Waals surface area contributed by atoms with Crippen LogP contribution >= 0.6 is 0 Å². The van der Waals surface area contributed by atoms with Crippen molar-refractivity contribution < 1.29 is 24.2 Å². The normalized spacial score (nSPS) is 18.6. The predicted octanol–water partition coefficient (Wildman–Crippen LogP) is 2.42. The quantitative estimate of drug-likeness (QED) is 0.661. The van der Waals surface area contributed by atoms with E-state index in [-0.39, 0.29) is 11.9 Å². The van der Waals surface area contributed by atoms with E-state index in [1.165, 1.54) is 6.07 Å². The standard InChI is InChI=1S/C15H18O5/c1-2-10-11(14(16)15(17)18)6-5-7-12(10)20-13-8-3-4-9-19-13/h5-7,13H,2-4,8-9H2,1H3,(H,17,18)/t13-/m1/s1. The minimum Gasteiger partial charge on any atom is -0.475 e. The third-order valence-corrected chi connectivity index (χ3v) is 3.32. The van der Waals surface area contributed by atoms with Gasteiger partial charge >= 0.3 is 5.97 Å². The molecule has 20 heavy (non-hydrogen) atoms. The SMILES string of the molecule is CCc1c(O[C@@H]2CCCCO2)cccc1C(=O)C(=O)O. The van der Waals surface area contributed by atoms with Gasteiger partial charge in [-0.15, -0.1) is 0 Å². The van der Waals surface area contributed by atoms with Gasteiger partial charge in [-0.1, -0.05) is 19.1 Å². The number of hydrogen-bond donors (Lipinski definition) is 1. The van der Waals surface area contributed by atoms with Gasteiger partial charge in [-0.3, -0.25) is 4.79 Å². The first-order valence-electron chi connectivity index (χ1n) is 6.81. The van der Waals surface area contributed by atoms with Crippen LogP contribution in [0, 0.1) is 0 Å². The second-order valence-electron chi connectivity index (χ2n) is 4.68. The molecule has 2 rings (SSSR count). The average Bonchev–Trinajstić information content (AvgIpc) is 2.47. The zero-order valence-electron chi connectivity index (χ0n) is 11.4. The van der Waals surface area contributed by atoms with Gasteiger partial charge in [-0.05, 0) is 25.3 Å². The van der Waals surface area contributed by atoms with Gasteiger partial charge in [-0.25, -0.2) is 4.79 Å². The minimum absolute atomic E-state index is 0.188. The molecule has 1 aliphatic rings. The molecule has 5 heteroatoms. The molecule has 1 saturated heterocycles. The van der Waals surface area contributed by atoms with Crippen molar-refractivity contribution in [3.05, 3.63) is 29.3 Å². The maximum atomic E-state index is 11.7. The topological polar surface area (TPSA) is 72.8 Å². The van der Waals surface area contributed by atoms with Gasteiger partial charge in [0.25, 0.3) is 5.78 Å². The Morgan fingerprint density at radius 2 is 2.20 bits per heavy atom. The number of ether oxygens (including phenoxy) is 2. The molecule has 1 aromatic rings. The van der Waals surface area contributed by atoms with E-state index < -0.39 is 11.8 Å². The summed E-state index contributed by atoms with van der Waals surface area (Å²) in [6.07, 6.45) is 3.08. The van der Waals surface area contributed by atoms with Gasteiger partial charge in [-0.2, -0.15) is 0 Å². The molecule has 0 saturated carbocycles. The Morgan fingerprint density at radius 1 is 1.40 bits per heavy atom. The lowest BCUT2D eigenvalue weighted by molar-refractivity contribution is -0.131. The van der Waals surface area contributed by atoms with Crippen LogP contribution in [0.3, 0.4) is 0 Å². The second kappa shape index (κ2) is 6.52. The lowest BCUT2D eigenvalue weighted by atomic mass is 10.0. The monoisotopic (exact) mass is 278 g/mol. The molecule has 0 radical (unpaired) electrons. The number of ketones is 1. The number of aliphatic carboxylic acids is 1. The minimum atomic E-state index is -1.45. The van der Waals surface area contributed by atoms with Crippen molar-refractivity contribution in [3.63, 3.8) is 0 Å². The second-order valence-corrected chi connectivity index (χ2v) is 4.68. The fraction of sp³-hybridized carbons (Fsp3) is 0.467. The average molecular weight is 278 g/mol. The largest absolute Gasteiger partial charge is 0.475 e. The number of carboxylic acids is 1. The highest BCUT2D eigenvalue weighted by atomic mass is 16.7. The molecule has 1 fully saturated rings. The molecule has 0 aliphatic carbocycles. The van der Waals surface area contributed by atoms with Crippen LogP contribution in [0.15, 0.2) is 18.2 Å². The Kier molecular flexibility index (Phi) is 4.74. The van der Waals surface area contributed by atoms with Crippen LogP contribution in [0.5, 0.6) is 5.75 Å². The molecular formula is C15H18O5. The van der Waals surface area contributed by atoms with Gasteiger partial charge in [0.1, 0.15) is 5.75 Å². The molecule has 0 spiro atoms. The predicted molar refractivity (Wildman–Crippen MR) is 72.0 cm³/mol. The smallest absolute Gasteiger partial charge is 0.377 e. The summed E-state index contributed by atoms with van der Waals surface area (Å²) in [6.45, 7) is 2.53. The fourth-order valence-electron chi connectivity index (χ4n) is 2.31. The van der Waals surface area contributed by atoms with Gasteiger partial charge in [0.05, 0.1) is 6.61 Å². The van der Waals surface area contributed by atoms with Crippen molar-refractivity contribution in [3.8, 4) is 5.75 Å². The van der Waals surface area contributed by atoms with Gasteiger partial charge in [0, 0.05) is 17.5 Å². The summed E-state index contributed by atoms with van der Waals surface area (Å²) >= 11 is 0. The maximum absolute atomic E-state index is 11.7. The summed E-state index contributed by atoms with van der Waals surface area (Å²) in [5.74, 6) is -1.82. The maximum Gasteiger partial charge on any atom is 0.377 e. The van der Waals surface area contributed by atoms with E-state index in [9.17, 15) is 9.59 Å². The number of benzene rings is 1. The lowest BCUT2D eigenvalue weighted by Gasteiger charge is -2.25. The van der Waals surface area contributed by atoms with Crippen LogP contribution in [0.25, 0.3) is 0 Å². The Labute approximate surface area is 117 Å². The van der Waals surface area contributed by atoms with Crippen LogP contribution in [0.1, 0.15) is 42.1 Å². The fourth-order valence-corrected chi connectivity index (χ4v) is 2.31. The number of Topliss-reactive ketones (excluding diaryl/α,β-unsaturated/α-hetero) is 1. The van der Waals surface area contributed by atoms with E-state index in [1.807, 2.05) is 6.92 Å². The number of carbonyl (C=O) groups excluding carboxylic acids is 1. The molecule has 1 aliphatic heterocycles. The Balaban J connectivity index is 2.26. The highest BCUT2D eigenvalue weighted by Gasteiger charge is 2.22. The van der Waals surface area contributed by atoms with Crippen molar-refractivity contribution in [2.75, 3.05) is 6.61 Å². The van der Waals surface area contributed by atoms with Crippen LogP contribution in [-0.2, 0) is 16.0 Å². The van der Waals surface area contributed by atoms with Crippen molar-refractivity contribution in [2.24, 2.45) is 0 Å². The van der Waals surface area contributed by atoms with Crippen molar-refractivity contribution >= 4 is 11.8 Å². The van der Waals surface area contributed by atoms with Gasteiger partial charge < -0.3 is 14.6 Å². The van der Waals surface area contributed by atoms with E-state index in [4.69, 9.17) is 14.6 Å². The molecule has 0 aromatic heterocycles. The molecule has 1 N–H and O–H groups in total. The Hall–Kier alpha value is -1.88. The molecule has 0 amide bonds. The van der Waals surface area contributed by atoms with Crippen LogP contribution in [0.2, 0.25) is 0 Å². The summed E-state index contributed by atoms with van der Waals surface area (Å²) in [7, 11) is 0. The Morgan fingerprint density at radius 3 is 2.80 bits per heavy atom. The van der Waals surface area contributed by atoms with Crippen LogP contribution in [0.4, 0.5) is 0 Å². The summed E-state index contributed by atoms with van der Waals surface area (Å²) in [5.41, 5.74) is 0.808. The van der Waals surface area contributed by atoms with Crippen molar-refractivity contribution in [1.29, 1.82) is 0 Å². The first kappa shape index (κ1) is 14.5. The zero-order chi connectivity index (χ0) is 14.5. The Bertz CT molecular complexity index is 503. The van der Waals surface area contributed by atoms with E-state index in [2.05, 4.69) is 0 Å². The number of rotatable bonds is 5. The van der Waals surface area contributed by atoms with E-state index in [1.54, 1.807) is 12.1 Å². The summed E-state index contributed by atoms with van der Waals surface area (Å²) < 4.78 is 11.3. The summed E-state index contributed by atoms with van der Waals surface area (Å²) in [5, 5.41) is 8.85. The highest BCUT2D eigenvalue weighted by molar-refractivity contribution is 6.40. The molecule has 5 nitrogen and oxygen atoms in total. The summed E-state index contributed by atoms with van der Waals surface area (Å²) in [4.78, 5) is 22.5. The van der Waals surface area contributed by atoms with Gasteiger partial charge in [0.15, 0.2) is 6.29 Å². The van der Waals surface area contributed by atoms with Gasteiger partial charge in [0.2, 0.25) is 0 Å². The lowest BCUT2D eigenvalue weighted by Crippen LogP contribution is -2.26. The molecule has 108 valence electrons. The van der Waals surface area contributed by atoms with E-state index in [0.29, 0.717) is 24.3 Å². The first-order valence-corrected chi connectivity index (χ1v) is 6.81. The van der Waals surface area contributed by atoms with Crippen LogP contribution < -0.4 is 4.74 Å². The third-order valence-electron chi connectivity index (χ3n) is 3.32. The molecule has 1 heterocycles. The number of carbonyl (C=O) groups is 2. The first-order chi connectivity index (χ1) is 9.63. The molecule has 0 bridgehead atoms. The third kappa shape index (κ3) is 3.17. The van der Waals surface area contributed by atoms with Crippen molar-refractivity contribution in [2.45, 2.75) is 38.9 Å². The van der Waals surface area contributed by atoms with Crippen LogP contribution in [-0.4, -0.2) is 29.8 Å². The van der Waals surface area contributed by atoms with Crippen molar-refractivity contribution in [1.82, 2.24) is 0 Å². The molecule has 1 atom stereocenters. The van der Waals surface area contributed by atoms with E-state index in [0.717, 1.165) is 19.3 Å². The number of hydrogen-bond acceptors (Lipinski definition) is 4. The number of carboxylic acid groups (broad SMARTS) is 1.